The summed E-state index contributed by atoms with van der Waals surface area (Å²) in [7, 11) is 0. The number of carbonyl (C=O) groups excluding carboxylic acids is 1. The fourth-order valence-electron chi connectivity index (χ4n) is 0.661. The molecule has 0 spiro atoms. The zero-order valence-electron chi connectivity index (χ0n) is 6.46. The van der Waals surface area contributed by atoms with Crippen LogP contribution in [0.1, 0.15) is 13.8 Å². The van der Waals surface area contributed by atoms with Crippen molar-refractivity contribution in [3.05, 3.63) is 12.0 Å². The van der Waals surface area contributed by atoms with Crippen molar-refractivity contribution in [2.45, 2.75) is 13.8 Å². The summed E-state index contributed by atoms with van der Waals surface area (Å²) in [5.74, 6) is -0.0862. The average Bonchev–Trinajstić information content (AvgIpc) is 2.26. The van der Waals surface area contributed by atoms with Crippen molar-refractivity contribution in [3.63, 3.8) is 0 Å². The summed E-state index contributed by atoms with van der Waals surface area (Å²) in [6.45, 7) is 3.96. The lowest BCUT2D eigenvalue weighted by Gasteiger charge is -1.92. The van der Waals surface area contributed by atoms with Crippen molar-refractivity contribution in [1.82, 2.24) is 0 Å². The Hall–Kier alpha value is -1.32. The minimum Gasteiger partial charge on any atom is -0.499 e. The molecule has 4 nitrogen and oxygen atoms in total. The molecule has 0 bridgehead atoms. The summed E-state index contributed by atoms with van der Waals surface area (Å²) in [6, 6.07) is 0. The number of hydrogen-bond acceptors (Lipinski definition) is 4. The molecule has 60 valence electrons. The molecule has 0 fully saturated rings. The first kappa shape index (κ1) is 7.78. The maximum atomic E-state index is 10.8. The van der Waals surface area contributed by atoms with E-state index < -0.39 is 5.97 Å². The van der Waals surface area contributed by atoms with E-state index in [0.717, 1.165) is 0 Å². The van der Waals surface area contributed by atoms with Crippen molar-refractivity contribution >= 4 is 11.9 Å². The van der Waals surface area contributed by atoms with E-state index >= 15 is 0 Å². The van der Waals surface area contributed by atoms with Gasteiger partial charge >= 0.3 is 5.97 Å². The molecule has 1 aliphatic rings. The first-order valence-electron chi connectivity index (χ1n) is 3.33. The number of cyclic esters (lactones) is 1. The van der Waals surface area contributed by atoms with E-state index in [0.29, 0.717) is 12.5 Å². The van der Waals surface area contributed by atoms with Gasteiger partial charge in [0.2, 0.25) is 0 Å². The van der Waals surface area contributed by atoms with E-state index in [-0.39, 0.29) is 5.70 Å². The SMILES string of the molecule is CCO/C=C1\N=C(C)OC1=O. The maximum absolute atomic E-state index is 10.8. The third kappa shape index (κ3) is 1.80. The van der Waals surface area contributed by atoms with Crippen LogP contribution in [0, 0.1) is 0 Å². The molecule has 0 aliphatic carbocycles. The second-order valence-corrected chi connectivity index (χ2v) is 1.98. The topological polar surface area (TPSA) is 47.9 Å². The highest BCUT2D eigenvalue weighted by Gasteiger charge is 2.19. The summed E-state index contributed by atoms with van der Waals surface area (Å²) < 4.78 is 9.50. The quantitative estimate of drug-likeness (QED) is 0.337. The van der Waals surface area contributed by atoms with Crippen LogP contribution in [0.15, 0.2) is 17.0 Å². The Bertz CT molecular complexity index is 230. The predicted octanol–water partition coefficient (Wildman–Crippen LogP) is 0.839. The van der Waals surface area contributed by atoms with Crippen molar-refractivity contribution in [2.75, 3.05) is 6.61 Å². The molecular formula is C7H9NO3. The first-order valence-corrected chi connectivity index (χ1v) is 3.33. The van der Waals surface area contributed by atoms with Gasteiger partial charge in [-0.2, -0.15) is 0 Å². The Morgan fingerprint density at radius 1 is 1.73 bits per heavy atom. The zero-order chi connectivity index (χ0) is 8.27. The molecule has 1 rings (SSSR count). The molecule has 0 amide bonds. The van der Waals surface area contributed by atoms with Crippen LogP contribution in [0.3, 0.4) is 0 Å². The Kier molecular flexibility index (Phi) is 2.25. The fraction of sp³-hybridized carbons (Fsp3) is 0.429. The number of nitrogens with zero attached hydrogens (tertiary/aromatic N) is 1. The molecule has 0 saturated carbocycles. The molecule has 4 heteroatoms. The highest BCUT2D eigenvalue weighted by molar-refractivity contribution is 6.03. The van der Waals surface area contributed by atoms with Crippen LogP contribution >= 0.6 is 0 Å². The summed E-state index contributed by atoms with van der Waals surface area (Å²) in [5, 5.41) is 0. The van der Waals surface area contributed by atoms with Crippen LogP contribution < -0.4 is 0 Å². The highest BCUT2D eigenvalue weighted by atomic mass is 16.6. The van der Waals surface area contributed by atoms with Crippen LogP contribution in [0.2, 0.25) is 0 Å². The van der Waals surface area contributed by atoms with Crippen LogP contribution in [0.25, 0.3) is 0 Å². The van der Waals surface area contributed by atoms with Gasteiger partial charge in [-0.3, -0.25) is 0 Å². The van der Waals surface area contributed by atoms with E-state index in [2.05, 4.69) is 9.73 Å². The van der Waals surface area contributed by atoms with Crippen molar-refractivity contribution in [1.29, 1.82) is 0 Å². The van der Waals surface area contributed by atoms with Gasteiger partial charge in [-0.1, -0.05) is 0 Å². The van der Waals surface area contributed by atoms with E-state index in [1.54, 1.807) is 6.92 Å². The van der Waals surface area contributed by atoms with Crippen molar-refractivity contribution in [2.24, 2.45) is 4.99 Å². The minimum absolute atomic E-state index is 0.226. The highest BCUT2D eigenvalue weighted by Crippen LogP contribution is 2.09. The van der Waals surface area contributed by atoms with Gasteiger partial charge in [0.25, 0.3) is 0 Å². The number of carbonyl (C=O) groups is 1. The van der Waals surface area contributed by atoms with Gasteiger partial charge in [-0.25, -0.2) is 9.79 Å². The fourth-order valence-corrected chi connectivity index (χ4v) is 0.661. The molecule has 0 N–H and O–H groups in total. The molecule has 0 aromatic heterocycles. The van der Waals surface area contributed by atoms with E-state index in [1.165, 1.54) is 6.26 Å². The molecule has 0 aromatic rings. The molecule has 0 atom stereocenters. The second kappa shape index (κ2) is 3.18. The van der Waals surface area contributed by atoms with Crippen molar-refractivity contribution < 1.29 is 14.3 Å². The molecule has 0 radical (unpaired) electrons. The molecule has 1 heterocycles. The summed E-state index contributed by atoms with van der Waals surface area (Å²) in [5.41, 5.74) is 0.226. The Balaban J connectivity index is 2.65. The van der Waals surface area contributed by atoms with E-state index in [9.17, 15) is 4.79 Å². The lowest BCUT2D eigenvalue weighted by molar-refractivity contribution is -0.130. The van der Waals surface area contributed by atoms with E-state index in [4.69, 9.17) is 4.74 Å². The van der Waals surface area contributed by atoms with Gasteiger partial charge in [-0.15, -0.1) is 0 Å². The molecule has 1 aliphatic heterocycles. The first-order chi connectivity index (χ1) is 5.24. The van der Waals surface area contributed by atoms with Gasteiger partial charge in [0.1, 0.15) is 6.26 Å². The third-order valence-corrected chi connectivity index (χ3v) is 1.09. The zero-order valence-corrected chi connectivity index (χ0v) is 6.46. The molecule has 11 heavy (non-hydrogen) atoms. The smallest absolute Gasteiger partial charge is 0.366 e. The summed E-state index contributed by atoms with van der Waals surface area (Å²) >= 11 is 0. The second-order valence-electron chi connectivity index (χ2n) is 1.98. The van der Waals surface area contributed by atoms with Gasteiger partial charge < -0.3 is 9.47 Å². The average molecular weight is 155 g/mol. The summed E-state index contributed by atoms with van der Waals surface area (Å²) in [6.07, 6.45) is 1.30. The monoisotopic (exact) mass is 155 g/mol. The lowest BCUT2D eigenvalue weighted by Crippen LogP contribution is -2.00. The van der Waals surface area contributed by atoms with Crippen molar-refractivity contribution in [3.8, 4) is 0 Å². The Morgan fingerprint density at radius 2 is 2.45 bits per heavy atom. The Labute approximate surface area is 64.5 Å². The predicted molar refractivity (Wildman–Crippen MR) is 38.9 cm³/mol. The number of ether oxygens (including phenoxy) is 2. The summed E-state index contributed by atoms with van der Waals surface area (Å²) in [4.78, 5) is 14.6. The van der Waals surface area contributed by atoms with Crippen LogP contribution in [0.5, 0.6) is 0 Å². The van der Waals surface area contributed by atoms with Gasteiger partial charge in [-0.05, 0) is 6.92 Å². The number of esters is 1. The molecular weight excluding hydrogens is 146 g/mol. The largest absolute Gasteiger partial charge is 0.499 e. The standard InChI is InChI=1S/C7H9NO3/c1-3-10-4-6-7(9)11-5(2)8-6/h4H,3H2,1-2H3/b6-4-. The van der Waals surface area contributed by atoms with Crippen LogP contribution in [0.4, 0.5) is 0 Å². The van der Waals surface area contributed by atoms with Gasteiger partial charge in [0.15, 0.2) is 11.6 Å². The number of aliphatic imine (C=N–C) groups is 1. The number of hydrogen-bond donors (Lipinski definition) is 0. The van der Waals surface area contributed by atoms with Crippen LogP contribution in [-0.4, -0.2) is 18.5 Å². The Morgan fingerprint density at radius 3 is 2.91 bits per heavy atom. The number of rotatable bonds is 2. The normalized spacial score (nSPS) is 20.0. The lowest BCUT2D eigenvalue weighted by atomic mass is 10.5. The molecule has 0 unspecified atom stereocenters. The minimum atomic E-state index is -0.448. The van der Waals surface area contributed by atoms with E-state index in [1.807, 2.05) is 6.92 Å². The molecule has 0 aromatic carbocycles. The maximum Gasteiger partial charge on any atom is 0.366 e. The third-order valence-electron chi connectivity index (χ3n) is 1.09. The molecule has 0 saturated heterocycles. The van der Waals surface area contributed by atoms with Crippen LogP contribution in [-0.2, 0) is 14.3 Å². The van der Waals surface area contributed by atoms with Gasteiger partial charge in [0.05, 0.1) is 6.61 Å². The van der Waals surface area contributed by atoms with Gasteiger partial charge in [0, 0.05) is 6.92 Å².